The summed E-state index contributed by atoms with van der Waals surface area (Å²) in [5, 5.41) is 13.0. The van der Waals surface area contributed by atoms with Crippen LogP contribution in [0.4, 0.5) is 5.69 Å². The first kappa shape index (κ1) is 29.8. The van der Waals surface area contributed by atoms with Gasteiger partial charge in [0.05, 0.1) is 5.69 Å². The monoisotopic (exact) mass is 511 g/mol. The van der Waals surface area contributed by atoms with Crippen molar-refractivity contribution in [1.82, 2.24) is 9.97 Å². The first-order chi connectivity index (χ1) is 16.8. The van der Waals surface area contributed by atoms with Crippen molar-refractivity contribution in [3.05, 3.63) is 90.5 Å². The standard InChI is InChI=1S/C24H21Cl2N3.C2H4.CH4O.CH2O/c1-24(2,3)29-17-12-16(13-27-14-17)20-19-11-7-10-18(15-8-5-4-6-9-15)21(19)23(26)28-22(20)25;3*1-2/h4-14,29H,1-3H3;1-2H2;2H,1H3;1H2. The fourth-order valence-electron chi connectivity index (χ4n) is 3.50. The second kappa shape index (κ2) is 14.2. The van der Waals surface area contributed by atoms with Crippen LogP contribution in [0.2, 0.25) is 10.3 Å². The maximum absolute atomic E-state index is 8.00. The van der Waals surface area contributed by atoms with Gasteiger partial charge in [-0.25, -0.2) is 4.98 Å². The van der Waals surface area contributed by atoms with Gasteiger partial charge >= 0.3 is 0 Å². The quantitative estimate of drug-likeness (QED) is 0.217. The molecule has 0 aliphatic carbocycles. The van der Waals surface area contributed by atoms with E-state index in [4.69, 9.17) is 33.1 Å². The Kier molecular flexibility index (Phi) is 12.1. The molecule has 0 radical (unpaired) electrons. The van der Waals surface area contributed by atoms with Gasteiger partial charge in [0, 0.05) is 41.6 Å². The Labute approximate surface area is 217 Å². The Morgan fingerprint density at radius 2 is 1.49 bits per heavy atom. The minimum atomic E-state index is -0.0785. The molecule has 2 aromatic heterocycles. The van der Waals surface area contributed by atoms with Gasteiger partial charge in [-0.15, -0.1) is 13.2 Å². The molecule has 4 rings (SSSR count). The number of aromatic nitrogens is 2. The molecule has 7 heteroatoms. The molecule has 5 nitrogen and oxygen atoms in total. The van der Waals surface area contributed by atoms with Gasteiger partial charge in [0.1, 0.15) is 17.1 Å². The minimum absolute atomic E-state index is 0.0785. The van der Waals surface area contributed by atoms with Crippen molar-refractivity contribution in [2.45, 2.75) is 26.3 Å². The molecular formula is C28H31Cl2N3O2. The summed E-state index contributed by atoms with van der Waals surface area (Å²) in [4.78, 5) is 16.9. The number of aliphatic hydroxyl groups is 1. The Balaban J connectivity index is 0.000000949. The van der Waals surface area contributed by atoms with Crippen LogP contribution in [0.1, 0.15) is 20.8 Å². The number of nitrogens with zero attached hydrogens (tertiary/aromatic N) is 2. The molecule has 0 spiro atoms. The highest BCUT2D eigenvalue weighted by Gasteiger charge is 2.18. The lowest BCUT2D eigenvalue weighted by molar-refractivity contribution is -0.0979. The van der Waals surface area contributed by atoms with Gasteiger partial charge in [-0.1, -0.05) is 71.7 Å². The van der Waals surface area contributed by atoms with E-state index >= 15 is 0 Å². The lowest BCUT2D eigenvalue weighted by atomic mass is 9.95. The molecule has 0 bridgehead atoms. The van der Waals surface area contributed by atoms with Crippen LogP contribution < -0.4 is 5.32 Å². The second-order valence-electron chi connectivity index (χ2n) is 8.00. The average molecular weight is 512 g/mol. The van der Waals surface area contributed by atoms with Crippen molar-refractivity contribution in [3.63, 3.8) is 0 Å². The predicted molar refractivity (Wildman–Crippen MR) is 150 cm³/mol. The summed E-state index contributed by atoms with van der Waals surface area (Å²) in [5.74, 6) is 0. The minimum Gasteiger partial charge on any atom is -0.400 e. The summed E-state index contributed by atoms with van der Waals surface area (Å²) < 4.78 is 0. The lowest BCUT2D eigenvalue weighted by Crippen LogP contribution is -2.26. The molecule has 2 N–H and O–H groups in total. The fraction of sp³-hybridized carbons (Fsp3) is 0.179. The van der Waals surface area contributed by atoms with Crippen molar-refractivity contribution >= 4 is 46.5 Å². The molecule has 2 aromatic carbocycles. The van der Waals surface area contributed by atoms with Crippen LogP contribution in [-0.2, 0) is 4.79 Å². The number of halogens is 2. The number of hydrogen-bond donors (Lipinski definition) is 2. The first-order valence-electron chi connectivity index (χ1n) is 10.6. The predicted octanol–water partition coefficient (Wildman–Crippen LogP) is 7.71. The van der Waals surface area contributed by atoms with E-state index in [0.29, 0.717) is 10.3 Å². The first-order valence-corrected chi connectivity index (χ1v) is 11.4. The van der Waals surface area contributed by atoms with Crippen LogP contribution >= 0.6 is 23.2 Å². The third-order valence-electron chi connectivity index (χ3n) is 4.57. The number of hydrogen-bond acceptors (Lipinski definition) is 5. The van der Waals surface area contributed by atoms with Crippen molar-refractivity contribution in [2.75, 3.05) is 12.4 Å². The number of anilines is 1. The number of carbonyl (C=O) groups is 1. The van der Waals surface area contributed by atoms with Gasteiger partial charge in [0.15, 0.2) is 0 Å². The van der Waals surface area contributed by atoms with Crippen molar-refractivity contribution in [1.29, 1.82) is 0 Å². The second-order valence-corrected chi connectivity index (χ2v) is 8.72. The zero-order chi connectivity index (χ0) is 26.6. The molecule has 0 amide bonds. The maximum Gasteiger partial charge on any atom is 0.139 e. The van der Waals surface area contributed by atoms with E-state index < -0.39 is 0 Å². The van der Waals surface area contributed by atoms with Gasteiger partial charge in [0.25, 0.3) is 0 Å². The lowest BCUT2D eigenvalue weighted by Gasteiger charge is -2.22. The van der Waals surface area contributed by atoms with Gasteiger partial charge < -0.3 is 15.2 Å². The van der Waals surface area contributed by atoms with Gasteiger partial charge in [-0.2, -0.15) is 0 Å². The van der Waals surface area contributed by atoms with Crippen molar-refractivity contribution < 1.29 is 9.90 Å². The number of pyridine rings is 2. The van der Waals surface area contributed by atoms with Crippen molar-refractivity contribution in [3.8, 4) is 22.3 Å². The van der Waals surface area contributed by atoms with E-state index in [1.54, 1.807) is 6.20 Å². The number of benzene rings is 2. The fourth-order valence-corrected chi connectivity index (χ4v) is 4.13. The number of carbonyl (C=O) groups excluding carboxylic acids is 1. The number of aliphatic hydroxyl groups excluding tert-OH is 1. The number of nitrogens with one attached hydrogen (secondary N) is 1. The van der Waals surface area contributed by atoms with E-state index in [0.717, 1.165) is 45.8 Å². The molecule has 0 atom stereocenters. The Morgan fingerprint density at radius 3 is 2.09 bits per heavy atom. The Morgan fingerprint density at radius 1 is 0.857 bits per heavy atom. The topological polar surface area (TPSA) is 75.1 Å². The molecule has 35 heavy (non-hydrogen) atoms. The third-order valence-corrected chi connectivity index (χ3v) is 5.12. The molecule has 0 aliphatic heterocycles. The summed E-state index contributed by atoms with van der Waals surface area (Å²) in [5.41, 5.74) is 4.67. The summed E-state index contributed by atoms with van der Waals surface area (Å²) in [6, 6.07) is 18.3. The molecular weight excluding hydrogens is 481 g/mol. The van der Waals surface area contributed by atoms with Gasteiger partial charge in [-0.05, 0) is 43.4 Å². The normalized spacial score (nSPS) is 10.0. The molecule has 2 heterocycles. The van der Waals surface area contributed by atoms with Crippen LogP contribution in [0.3, 0.4) is 0 Å². The SMILES string of the molecule is C=C.C=O.CC(C)(C)Nc1cncc(-c2c(Cl)nc(Cl)c3c(-c4ccccc4)cccc23)c1.CO. The molecule has 0 saturated carbocycles. The van der Waals surface area contributed by atoms with Crippen LogP contribution in [0, 0.1) is 0 Å². The smallest absolute Gasteiger partial charge is 0.139 e. The highest BCUT2D eigenvalue weighted by atomic mass is 35.5. The van der Waals surface area contributed by atoms with Gasteiger partial charge in [0.2, 0.25) is 0 Å². The van der Waals surface area contributed by atoms with E-state index in [-0.39, 0.29) is 5.54 Å². The highest BCUT2D eigenvalue weighted by Crippen LogP contribution is 2.41. The van der Waals surface area contributed by atoms with E-state index in [2.05, 4.69) is 67.4 Å². The summed E-state index contributed by atoms with van der Waals surface area (Å²) in [6.07, 6.45) is 3.61. The molecule has 0 fully saturated rings. The van der Waals surface area contributed by atoms with Gasteiger partial charge in [-0.3, -0.25) is 4.98 Å². The molecule has 0 unspecified atom stereocenters. The summed E-state index contributed by atoms with van der Waals surface area (Å²) in [6.45, 7) is 14.3. The van der Waals surface area contributed by atoms with Crippen LogP contribution in [0.25, 0.3) is 33.0 Å². The maximum atomic E-state index is 8.00. The average Bonchev–Trinajstić information content (AvgIpc) is 2.87. The molecule has 4 aromatic rings. The van der Waals surface area contributed by atoms with E-state index in [1.165, 1.54) is 0 Å². The third kappa shape index (κ3) is 7.62. The zero-order valence-electron chi connectivity index (χ0n) is 20.5. The van der Waals surface area contributed by atoms with Crippen molar-refractivity contribution in [2.24, 2.45) is 0 Å². The molecule has 184 valence electrons. The Bertz CT molecular complexity index is 1220. The van der Waals surface area contributed by atoms with Crippen LogP contribution in [-0.4, -0.2) is 34.5 Å². The molecule has 0 saturated heterocycles. The van der Waals surface area contributed by atoms with Crippen LogP contribution in [0.5, 0.6) is 0 Å². The van der Waals surface area contributed by atoms with Crippen LogP contribution in [0.15, 0.2) is 80.1 Å². The number of rotatable bonds is 3. The Hall–Kier alpha value is -3.25. The highest BCUT2D eigenvalue weighted by molar-refractivity contribution is 6.39. The van der Waals surface area contributed by atoms with E-state index in [1.807, 2.05) is 49.4 Å². The van der Waals surface area contributed by atoms with E-state index in [9.17, 15) is 0 Å². The summed E-state index contributed by atoms with van der Waals surface area (Å²) >= 11 is 13.2. The zero-order valence-corrected chi connectivity index (χ0v) is 22.0. The summed E-state index contributed by atoms with van der Waals surface area (Å²) in [7, 11) is 1.00. The number of fused-ring (bicyclic) bond motifs is 1. The molecule has 0 aliphatic rings. The largest absolute Gasteiger partial charge is 0.400 e.